The summed E-state index contributed by atoms with van der Waals surface area (Å²) >= 11 is 0. The molecule has 0 radical (unpaired) electrons. The molecule has 0 bridgehead atoms. The van der Waals surface area contributed by atoms with E-state index in [1.807, 2.05) is 6.92 Å². The van der Waals surface area contributed by atoms with Crippen molar-refractivity contribution in [3.05, 3.63) is 29.8 Å². The standard InChI is InChI=1S/C11H13NO3/c1-2-15-10-5-3-9(4-6-10)11(14)7-12-8-13/h3-6,8H,2,7H2,1H3,(H,12,13). The number of ketones is 1. The molecular weight excluding hydrogens is 194 g/mol. The largest absolute Gasteiger partial charge is 0.494 e. The molecule has 1 N–H and O–H groups in total. The van der Waals surface area contributed by atoms with Crippen molar-refractivity contribution in [2.75, 3.05) is 13.2 Å². The molecule has 1 rings (SSSR count). The van der Waals surface area contributed by atoms with E-state index in [1.54, 1.807) is 24.3 Å². The molecule has 0 aliphatic rings. The Morgan fingerprint density at radius 2 is 2.07 bits per heavy atom. The number of hydrogen-bond donors (Lipinski definition) is 1. The smallest absolute Gasteiger partial charge is 0.207 e. The van der Waals surface area contributed by atoms with Crippen LogP contribution in [0.25, 0.3) is 0 Å². The number of carbonyl (C=O) groups excluding carboxylic acids is 2. The SMILES string of the molecule is CCOc1ccc(C(=O)CNC=O)cc1. The van der Waals surface area contributed by atoms with E-state index >= 15 is 0 Å². The van der Waals surface area contributed by atoms with Crippen LogP contribution in [0.4, 0.5) is 0 Å². The van der Waals surface area contributed by atoms with Gasteiger partial charge in [0.05, 0.1) is 13.2 Å². The van der Waals surface area contributed by atoms with Gasteiger partial charge in [-0.3, -0.25) is 9.59 Å². The van der Waals surface area contributed by atoms with E-state index in [-0.39, 0.29) is 12.3 Å². The zero-order chi connectivity index (χ0) is 11.1. The van der Waals surface area contributed by atoms with E-state index in [0.29, 0.717) is 18.6 Å². The summed E-state index contributed by atoms with van der Waals surface area (Å²) in [6.45, 7) is 2.52. The molecule has 0 atom stereocenters. The van der Waals surface area contributed by atoms with Crippen molar-refractivity contribution in [1.29, 1.82) is 0 Å². The lowest BCUT2D eigenvalue weighted by Gasteiger charge is -2.04. The predicted octanol–water partition coefficient (Wildman–Crippen LogP) is 1.01. The first kappa shape index (κ1) is 11.2. The van der Waals surface area contributed by atoms with E-state index < -0.39 is 0 Å². The van der Waals surface area contributed by atoms with Gasteiger partial charge in [-0.1, -0.05) is 0 Å². The number of ether oxygens (including phenoxy) is 1. The molecule has 0 fully saturated rings. The first-order valence-corrected chi connectivity index (χ1v) is 4.71. The van der Waals surface area contributed by atoms with Gasteiger partial charge in [0.25, 0.3) is 0 Å². The molecule has 0 spiro atoms. The van der Waals surface area contributed by atoms with Crippen LogP contribution >= 0.6 is 0 Å². The molecule has 0 heterocycles. The average molecular weight is 207 g/mol. The van der Waals surface area contributed by atoms with Gasteiger partial charge in [0.1, 0.15) is 5.75 Å². The highest BCUT2D eigenvalue weighted by Crippen LogP contribution is 2.12. The zero-order valence-electron chi connectivity index (χ0n) is 8.53. The maximum Gasteiger partial charge on any atom is 0.207 e. The Hall–Kier alpha value is -1.84. The molecule has 4 heteroatoms. The highest BCUT2D eigenvalue weighted by molar-refractivity contribution is 5.98. The summed E-state index contributed by atoms with van der Waals surface area (Å²) in [7, 11) is 0. The first-order valence-electron chi connectivity index (χ1n) is 4.71. The Labute approximate surface area is 88.2 Å². The highest BCUT2D eigenvalue weighted by atomic mass is 16.5. The Kier molecular flexibility index (Phi) is 4.34. The predicted molar refractivity (Wildman–Crippen MR) is 56.0 cm³/mol. The molecule has 0 unspecified atom stereocenters. The van der Waals surface area contributed by atoms with Gasteiger partial charge in [0.2, 0.25) is 6.41 Å². The topological polar surface area (TPSA) is 55.4 Å². The average Bonchev–Trinajstić information content (AvgIpc) is 2.27. The number of amides is 1. The highest BCUT2D eigenvalue weighted by Gasteiger charge is 2.04. The van der Waals surface area contributed by atoms with Gasteiger partial charge in [-0.2, -0.15) is 0 Å². The van der Waals surface area contributed by atoms with E-state index in [1.165, 1.54) is 0 Å². The molecule has 1 aromatic carbocycles. The molecule has 0 aliphatic heterocycles. The summed E-state index contributed by atoms with van der Waals surface area (Å²) < 4.78 is 5.24. The van der Waals surface area contributed by atoms with E-state index in [0.717, 1.165) is 5.75 Å². The molecule has 1 aromatic rings. The monoisotopic (exact) mass is 207 g/mol. The summed E-state index contributed by atoms with van der Waals surface area (Å²) in [5, 5.41) is 2.32. The minimum absolute atomic E-state index is 0.0253. The van der Waals surface area contributed by atoms with Crippen LogP contribution in [0.3, 0.4) is 0 Å². The van der Waals surface area contributed by atoms with Crippen LogP contribution in [0.1, 0.15) is 17.3 Å². The Balaban J connectivity index is 2.62. The van der Waals surface area contributed by atoms with Gasteiger partial charge >= 0.3 is 0 Å². The summed E-state index contributed by atoms with van der Waals surface area (Å²) in [4.78, 5) is 21.4. The summed E-state index contributed by atoms with van der Waals surface area (Å²) in [5.74, 6) is 0.613. The van der Waals surface area contributed by atoms with Crippen molar-refractivity contribution >= 4 is 12.2 Å². The number of carbonyl (C=O) groups is 2. The Bertz CT molecular complexity index is 332. The van der Waals surface area contributed by atoms with Crippen molar-refractivity contribution in [3.63, 3.8) is 0 Å². The van der Waals surface area contributed by atoms with Crippen LogP contribution in [-0.2, 0) is 4.79 Å². The number of hydrogen-bond acceptors (Lipinski definition) is 3. The second-order valence-electron chi connectivity index (χ2n) is 2.88. The lowest BCUT2D eigenvalue weighted by atomic mass is 10.1. The maximum absolute atomic E-state index is 11.4. The summed E-state index contributed by atoms with van der Waals surface area (Å²) in [5.41, 5.74) is 0.563. The fraction of sp³-hybridized carbons (Fsp3) is 0.273. The van der Waals surface area contributed by atoms with Crippen molar-refractivity contribution in [1.82, 2.24) is 5.32 Å². The number of Topliss-reactive ketones (excluding diaryl/α,β-unsaturated/α-hetero) is 1. The lowest BCUT2D eigenvalue weighted by molar-refractivity contribution is -0.109. The van der Waals surface area contributed by atoms with Crippen molar-refractivity contribution < 1.29 is 14.3 Å². The van der Waals surface area contributed by atoms with Gasteiger partial charge < -0.3 is 10.1 Å². The molecule has 1 amide bonds. The van der Waals surface area contributed by atoms with Crippen LogP contribution in [0, 0.1) is 0 Å². The third-order valence-electron chi connectivity index (χ3n) is 1.83. The Morgan fingerprint density at radius 3 is 2.60 bits per heavy atom. The van der Waals surface area contributed by atoms with Crippen molar-refractivity contribution in [3.8, 4) is 5.75 Å². The van der Waals surface area contributed by atoms with E-state index in [4.69, 9.17) is 4.74 Å². The summed E-state index contributed by atoms with van der Waals surface area (Å²) in [6.07, 6.45) is 0.506. The molecule has 15 heavy (non-hydrogen) atoms. The quantitative estimate of drug-likeness (QED) is 0.559. The van der Waals surface area contributed by atoms with Gasteiger partial charge in [-0.25, -0.2) is 0 Å². The molecule has 0 saturated heterocycles. The van der Waals surface area contributed by atoms with Gasteiger partial charge in [-0.05, 0) is 31.2 Å². The number of rotatable bonds is 6. The molecular formula is C11H13NO3. The normalized spacial score (nSPS) is 9.40. The molecule has 4 nitrogen and oxygen atoms in total. The second kappa shape index (κ2) is 5.80. The number of benzene rings is 1. The first-order chi connectivity index (χ1) is 7.27. The van der Waals surface area contributed by atoms with Crippen LogP contribution in [-0.4, -0.2) is 25.3 Å². The minimum Gasteiger partial charge on any atom is -0.494 e. The Morgan fingerprint density at radius 1 is 1.40 bits per heavy atom. The third-order valence-corrected chi connectivity index (χ3v) is 1.83. The second-order valence-corrected chi connectivity index (χ2v) is 2.88. The van der Waals surface area contributed by atoms with Crippen LogP contribution in [0.15, 0.2) is 24.3 Å². The van der Waals surface area contributed by atoms with Crippen LogP contribution in [0.5, 0.6) is 5.75 Å². The molecule has 0 aromatic heterocycles. The minimum atomic E-state index is -0.120. The number of nitrogens with one attached hydrogen (secondary N) is 1. The van der Waals surface area contributed by atoms with Gasteiger partial charge in [0.15, 0.2) is 5.78 Å². The summed E-state index contributed by atoms with van der Waals surface area (Å²) in [6, 6.07) is 6.83. The molecule has 80 valence electrons. The maximum atomic E-state index is 11.4. The van der Waals surface area contributed by atoms with Gasteiger partial charge in [-0.15, -0.1) is 0 Å². The lowest BCUT2D eigenvalue weighted by Crippen LogP contribution is -2.21. The van der Waals surface area contributed by atoms with E-state index in [9.17, 15) is 9.59 Å². The fourth-order valence-electron chi connectivity index (χ4n) is 1.14. The molecule has 0 aliphatic carbocycles. The van der Waals surface area contributed by atoms with E-state index in [2.05, 4.69) is 5.32 Å². The van der Waals surface area contributed by atoms with Crippen LogP contribution < -0.4 is 10.1 Å². The molecule has 0 saturated carbocycles. The van der Waals surface area contributed by atoms with Gasteiger partial charge in [0, 0.05) is 5.56 Å². The van der Waals surface area contributed by atoms with Crippen LogP contribution in [0.2, 0.25) is 0 Å². The zero-order valence-corrected chi connectivity index (χ0v) is 8.53. The third kappa shape index (κ3) is 3.42. The van der Waals surface area contributed by atoms with Crippen molar-refractivity contribution in [2.24, 2.45) is 0 Å². The fourth-order valence-corrected chi connectivity index (χ4v) is 1.14. The van der Waals surface area contributed by atoms with Crippen molar-refractivity contribution in [2.45, 2.75) is 6.92 Å².